The van der Waals surface area contributed by atoms with Crippen molar-refractivity contribution in [1.29, 1.82) is 0 Å². The molecule has 6 atom stereocenters. The third-order valence-corrected chi connectivity index (χ3v) is 8.46. The monoisotopic (exact) mass is 489 g/mol. The first kappa shape index (κ1) is 23.5. The lowest BCUT2D eigenvalue weighted by Crippen LogP contribution is -2.50. The van der Waals surface area contributed by atoms with Crippen LogP contribution in [0.15, 0.2) is 43.0 Å². The molecule has 9 nitrogen and oxygen atoms in total. The lowest BCUT2D eigenvalue weighted by Gasteiger charge is -2.38. The summed E-state index contributed by atoms with van der Waals surface area (Å²) in [6.07, 6.45) is 12.9. The van der Waals surface area contributed by atoms with E-state index in [4.69, 9.17) is 0 Å². The van der Waals surface area contributed by atoms with Crippen LogP contribution in [0.4, 0.5) is 0 Å². The molecule has 36 heavy (non-hydrogen) atoms. The van der Waals surface area contributed by atoms with Crippen LogP contribution in [0.25, 0.3) is 10.9 Å². The van der Waals surface area contributed by atoms with Crippen LogP contribution in [0, 0.1) is 18.8 Å². The minimum Gasteiger partial charge on any atom is -0.388 e. The van der Waals surface area contributed by atoms with Crippen molar-refractivity contribution >= 4 is 16.8 Å². The highest BCUT2D eigenvalue weighted by Gasteiger charge is 2.43. The molecule has 3 fully saturated rings. The molecule has 0 bridgehead atoms. The summed E-state index contributed by atoms with van der Waals surface area (Å²) < 4.78 is 1.86. The van der Waals surface area contributed by atoms with E-state index in [1.165, 1.54) is 5.56 Å². The Morgan fingerprint density at radius 1 is 1.22 bits per heavy atom. The first-order valence-electron chi connectivity index (χ1n) is 13.2. The van der Waals surface area contributed by atoms with Gasteiger partial charge in [-0.15, -0.1) is 0 Å². The molecule has 1 aliphatic heterocycles. The van der Waals surface area contributed by atoms with Crippen LogP contribution >= 0.6 is 0 Å². The molecule has 3 aromatic heterocycles. The molecular weight excluding hydrogens is 454 g/mol. The Morgan fingerprint density at radius 2 is 2.14 bits per heavy atom. The highest BCUT2D eigenvalue weighted by molar-refractivity contribution is 5.79. The summed E-state index contributed by atoms with van der Waals surface area (Å²) in [6, 6.07) is 6.68. The van der Waals surface area contributed by atoms with Crippen molar-refractivity contribution in [3.05, 3.63) is 54.2 Å². The van der Waals surface area contributed by atoms with Crippen LogP contribution in [0.1, 0.15) is 62.2 Å². The summed E-state index contributed by atoms with van der Waals surface area (Å²) in [5.74, 6) is 0.494. The van der Waals surface area contributed by atoms with E-state index in [1.54, 1.807) is 18.6 Å². The zero-order valence-electron chi connectivity index (χ0n) is 20.7. The van der Waals surface area contributed by atoms with Gasteiger partial charge in [-0.3, -0.25) is 24.9 Å². The molecule has 6 rings (SSSR count). The summed E-state index contributed by atoms with van der Waals surface area (Å²) in [4.78, 5) is 21.9. The van der Waals surface area contributed by atoms with E-state index in [-0.39, 0.29) is 23.9 Å². The molecular formula is C27H35N7O2. The molecule has 9 heteroatoms. The summed E-state index contributed by atoms with van der Waals surface area (Å²) in [6.45, 7) is 2.43. The summed E-state index contributed by atoms with van der Waals surface area (Å²) in [7, 11) is 0. The molecule has 0 spiro atoms. The number of carbonyl (C=O) groups is 1. The van der Waals surface area contributed by atoms with E-state index < -0.39 is 5.60 Å². The predicted octanol–water partition coefficient (Wildman–Crippen LogP) is 2.56. The largest absolute Gasteiger partial charge is 0.388 e. The molecule has 190 valence electrons. The predicted molar refractivity (Wildman–Crippen MR) is 135 cm³/mol. The second-order valence-electron chi connectivity index (χ2n) is 11.0. The van der Waals surface area contributed by atoms with Gasteiger partial charge in [0.25, 0.3) is 0 Å². The molecule has 1 saturated heterocycles. The number of aryl methyl sites for hydroxylation is 1. The average molecular weight is 490 g/mol. The van der Waals surface area contributed by atoms with Crippen molar-refractivity contribution in [2.45, 2.75) is 82.1 Å². The van der Waals surface area contributed by atoms with Gasteiger partial charge in [0, 0.05) is 47.7 Å². The number of nitrogens with one attached hydrogen (secondary N) is 3. The maximum atomic E-state index is 13.4. The quantitative estimate of drug-likeness (QED) is 0.435. The van der Waals surface area contributed by atoms with Crippen molar-refractivity contribution in [3.63, 3.8) is 0 Å². The molecule has 2 saturated carbocycles. The Kier molecular flexibility index (Phi) is 6.23. The highest BCUT2D eigenvalue weighted by atomic mass is 16.3. The zero-order valence-corrected chi connectivity index (χ0v) is 20.7. The van der Waals surface area contributed by atoms with Crippen molar-refractivity contribution < 1.29 is 9.90 Å². The van der Waals surface area contributed by atoms with Crippen molar-refractivity contribution in [3.8, 4) is 0 Å². The van der Waals surface area contributed by atoms with Crippen LogP contribution in [-0.4, -0.2) is 48.4 Å². The Labute approximate surface area is 211 Å². The van der Waals surface area contributed by atoms with E-state index in [9.17, 15) is 9.90 Å². The van der Waals surface area contributed by atoms with E-state index in [0.717, 1.165) is 48.7 Å². The molecule has 4 unspecified atom stereocenters. The van der Waals surface area contributed by atoms with Gasteiger partial charge in [-0.25, -0.2) is 5.43 Å². The first-order chi connectivity index (χ1) is 17.5. The van der Waals surface area contributed by atoms with E-state index in [1.807, 2.05) is 23.9 Å². The maximum Gasteiger partial charge on any atom is 0.223 e. The fourth-order valence-electron chi connectivity index (χ4n) is 6.65. The Balaban J connectivity index is 1.09. The number of hydrogen-bond acceptors (Lipinski definition) is 7. The molecule has 4 heterocycles. The molecule has 3 aliphatic rings. The van der Waals surface area contributed by atoms with Crippen molar-refractivity contribution in [2.75, 3.05) is 0 Å². The third kappa shape index (κ3) is 4.63. The van der Waals surface area contributed by atoms with Crippen LogP contribution in [-0.2, 0) is 11.3 Å². The molecule has 0 aromatic carbocycles. The lowest BCUT2D eigenvalue weighted by molar-refractivity contribution is -0.128. The molecule has 0 radical (unpaired) electrons. The fourth-order valence-corrected chi connectivity index (χ4v) is 6.65. The molecule has 2 aliphatic carbocycles. The van der Waals surface area contributed by atoms with E-state index in [0.29, 0.717) is 31.3 Å². The van der Waals surface area contributed by atoms with Crippen LogP contribution < -0.4 is 16.2 Å². The Hall–Kier alpha value is -2.88. The third-order valence-electron chi connectivity index (χ3n) is 8.46. The number of rotatable bonds is 5. The standard InChI is InChI=1S/C27H35N7O2/c1-17-11-18(6-10-29-17)25-22-12-19(4-5-23(22)32-33-25)26(35)31-21-3-2-8-27(36,13-21)16-34-24-7-9-28-14-20(24)15-30-34/h6-7,9-11,14-15,19,21-23,25,32-33,36H,2-5,8,12-13,16H2,1H3,(H,31,35)/t19?,21-,22?,23?,25?,27+/m1/s1. The number of carbonyl (C=O) groups excluding carboxylic acids is 1. The van der Waals surface area contributed by atoms with Gasteiger partial charge in [0.05, 0.1) is 29.9 Å². The highest BCUT2D eigenvalue weighted by Crippen LogP contribution is 2.41. The number of aliphatic hydroxyl groups is 1. The SMILES string of the molecule is Cc1cc(C2NNC3CCC(C(=O)N[C@@H]4CCC[C@@](O)(Cn5ncc6cnccc65)C4)CC32)ccn1. The fraction of sp³-hybridized carbons (Fsp3) is 0.556. The van der Waals surface area contributed by atoms with Gasteiger partial charge < -0.3 is 10.4 Å². The molecule has 1 amide bonds. The van der Waals surface area contributed by atoms with Gasteiger partial charge in [0.2, 0.25) is 5.91 Å². The minimum atomic E-state index is -0.889. The first-order valence-corrected chi connectivity index (χ1v) is 13.2. The molecule has 3 aromatic rings. The van der Waals surface area contributed by atoms with E-state index >= 15 is 0 Å². The van der Waals surface area contributed by atoms with Gasteiger partial charge in [0.1, 0.15) is 0 Å². The van der Waals surface area contributed by atoms with Crippen LogP contribution in [0.2, 0.25) is 0 Å². The number of hydrogen-bond donors (Lipinski definition) is 4. The molecule has 4 N–H and O–H groups in total. The van der Waals surface area contributed by atoms with E-state index in [2.05, 4.69) is 43.4 Å². The maximum absolute atomic E-state index is 13.4. The number of amides is 1. The van der Waals surface area contributed by atoms with Crippen molar-refractivity contribution in [2.24, 2.45) is 11.8 Å². The van der Waals surface area contributed by atoms with Gasteiger partial charge in [0.15, 0.2) is 0 Å². The smallest absolute Gasteiger partial charge is 0.223 e. The van der Waals surface area contributed by atoms with Crippen LogP contribution in [0.3, 0.4) is 0 Å². The normalized spacial score (nSPS) is 32.3. The number of nitrogens with zero attached hydrogens (tertiary/aromatic N) is 4. The number of aromatic nitrogens is 4. The zero-order chi connectivity index (χ0) is 24.7. The van der Waals surface area contributed by atoms with Gasteiger partial charge in [-0.05, 0) is 81.5 Å². The second kappa shape index (κ2) is 9.53. The van der Waals surface area contributed by atoms with Gasteiger partial charge >= 0.3 is 0 Å². The minimum absolute atomic E-state index is 0.00374. The Bertz CT molecular complexity index is 1250. The lowest BCUT2D eigenvalue weighted by atomic mass is 9.74. The summed E-state index contributed by atoms with van der Waals surface area (Å²) >= 11 is 0. The topological polar surface area (TPSA) is 117 Å². The number of hydrazine groups is 1. The summed E-state index contributed by atoms with van der Waals surface area (Å²) in [5.41, 5.74) is 9.25. The Morgan fingerprint density at radius 3 is 3.03 bits per heavy atom. The van der Waals surface area contributed by atoms with Gasteiger partial charge in [-0.1, -0.05) is 0 Å². The number of fused-ring (bicyclic) bond motifs is 2. The summed E-state index contributed by atoms with van der Waals surface area (Å²) in [5, 5.41) is 20.2. The average Bonchev–Trinajstić information content (AvgIpc) is 3.48. The number of pyridine rings is 2. The second-order valence-corrected chi connectivity index (χ2v) is 11.0. The van der Waals surface area contributed by atoms with Crippen LogP contribution in [0.5, 0.6) is 0 Å². The van der Waals surface area contributed by atoms with Crippen molar-refractivity contribution in [1.82, 2.24) is 35.9 Å². The van der Waals surface area contributed by atoms with Gasteiger partial charge in [-0.2, -0.15) is 5.10 Å².